The number of benzene rings is 2. The highest BCUT2D eigenvalue weighted by atomic mass is 35.5. The first-order valence-electron chi connectivity index (χ1n) is 10.8. The highest BCUT2D eigenvalue weighted by Crippen LogP contribution is 2.39. The van der Waals surface area contributed by atoms with Gasteiger partial charge in [-0.1, -0.05) is 75.3 Å². The number of hydrogen-bond acceptors (Lipinski definition) is 1. The number of alkyl halides is 3. The Hall–Kier alpha value is -2.17. The molecule has 0 spiro atoms. The molecule has 0 aliphatic heterocycles. The number of fused-ring (bicyclic) bond motifs is 1. The first kappa shape index (κ1) is 25.5. The fourth-order valence-electron chi connectivity index (χ4n) is 4.14. The van der Waals surface area contributed by atoms with Crippen molar-refractivity contribution in [1.82, 2.24) is 5.32 Å². The van der Waals surface area contributed by atoms with Gasteiger partial charge < -0.3 is 5.32 Å². The molecule has 0 radical (unpaired) electrons. The lowest BCUT2D eigenvalue weighted by molar-refractivity contribution is -0.0688. The maximum Gasteiger partial charge on any atom is 0.417 e. The number of halogens is 5. The topological polar surface area (TPSA) is 12.0 Å². The normalized spacial score (nSPS) is 16.5. The van der Waals surface area contributed by atoms with Gasteiger partial charge in [-0.25, -0.2) is 0 Å². The van der Waals surface area contributed by atoms with Crippen LogP contribution in [0.4, 0.5) is 13.2 Å². The van der Waals surface area contributed by atoms with Gasteiger partial charge >= 0.3 is 6.18 Å². The zero-order valence-electron chi connectivity index (χ0n) is 19.0. The van der Waals surface area contributed by atoms with Gasteiger partial charge in [-0.3, -0.25) is 0 Å². The standard InChI is InChI=1S/C27H28Cl2F3N/c1-16(12-22(27(30,31)32)20-8-10-23(28)24(29)14-20)19-7-6-18-9-11-25(21(18)13-19)33-17(2)15-26(3,4)5/h6-8,10,12-14,25,33H,1-2,9,11,15H2,3-5H3/b22-12+. The molecule has 1 aliphatic rings. The molecule has 176 valence electrons. The summed E-state index contributed by atoms with van der Waals surface area (Å²) in [5, 5.41) is 3.78. The lowest BCUT2D eigenvalue weighted by atomic mass is 9.90. The van der Waals surface area contributed by atoms with Gasteiger partial charge in [0.05, 0.1) is 21.7 Å². The second kappa shape index (κ2) is 9.60. The quantitative estimate of drug-likeness (QED) is 0.395. The van der Waals surface area contributed by atoms with Crippen LogP contribution in [0.25, 0.3) is 11.1 Å². The fourth-order valence-corrected chi connectivity index (χ4v) is 4.44. The van der Waals surface area contributed by atoms with Gasteiger partial charge in [-0.05, 0) is 76.8 Å². The Balaban J connectivity index is 1.90. The van der Waals surface area contributed by atoms with E-state index in [0.29, 0.717) is 5.56 Å². The van der Waals surface area contributed by atoms with E-state index < -0.39 is 11.7 Å². The van der Waals surface area contributed by atoms with Crippen molar-refractivity contribution in [3.63, 3.8) is 0 Å². The molecule has 1 N–H and O–H groups in total. The number of allylic oxidation sites excluding steroid dienone is 4. The summed E-state index contributed by atoms with van der Waals surface area (Å²) in [6, 6.07) is 9.72. The summed E-state index contributed by atoms with van der Waals surface area (Å²) in [5.74, 6) is 0. The zero-order chi connectivity index (χ0) is 24.6. The van der Waals surface area contributed by atoms with Crippen molar-refractivity contribution in [2.75, 3.05) is 0 Å². The lowest BCUT2D eigenvalue weighted by Gasteiger charge is -2.24. The van der Waals surface area contributed by atoms with E-state index >= 15 is 0 Å². The van der Waals surface area contributed by atoms with Crippen molar-refractivity contribution in [1.29, 1.82) is 0 Å². The third-order valence-corrected chi connectivity index (χ3v) is 6.31. The lowest BCUT2D eigenvalue weighted by Crippen LogP contribution is -2.21. The van der Waals surface area contributed by atoms with Gasteiger partial charge in [-0.2, -0.15) is 13.2 Å². The van der Waals surface area contributed by atoms with Crippen LogP contribution in [-0.4, -0.2) is 6.18 Å². The molecule has 0 saturated heterocycles. The van der Waals surface area contributed by atoms with Crippen molar-refractivity contribution in [2.24, 2.45) is 5.41 Å². The largest absolute Gasteiger partial charge is 0.417 e. The molecule has 0 saturated carbocycles. The predicted molar refractivity (Wildman–Crippen MR) is 133 cm³/mol. The van der Waals surface area contributed by atoms with E-state index in [-0.39, 0.29) is 32.6 Å². The Morgan fingerprint density at radius 3 is 2.30 bits per heavy atom. The van der Waals surface area contributed by atoms with E-state index in [9.17, 15) is 13.2 Å². The van der Waals surface area contributed by atoms with Crippen molar-refractivity contribution in [3.8, 4) is 0 Å². The summed E-state index contributed by atoms with van der Waals surface area (Å²) in [7, 11) is 0. The summed E-state index contributed by atoms with van der Waals surface area (Å²) in [5.41, 5.74) is 3.39. The van der Waals surface area contributed by atoms with Crippen molar-refractivity contribution >= 4 is 34.3 Å². The Bertz CT molecular complexity index is 1110. The van der Waals surface area contributed by atoms with Crippen LogP contribution in [0.1, 0.15) is 61.9 Å². The highest BCUT2D eigenvalue weighted by Gasteiger charge is 2.35. The molecule has 0 bridgehead atoms. The van der Waals surface area contributed by atoms with Crippen LogP contribution in [0, 0.1) is 5.41 Å². The van der Waals surface area contributed by atoms with Crippen LogP contribution in [0.3, 0.4) is 0 Å². The van der Waals surface area contributed by atoms with E-state index in [1.807, 2.05) is 18.2 Å². The van der Waals surface area contributed by atoms with Gasteiger partial charge in [0.15, 0.2) is 0 Å². The summed E-state index contributed by atoms with van der Waals surface area (Å²) in [6.07, 6.45) is -0.841. The molecular weight excluding hydrogens is 466 g/mol. The van der Waals surface area contributed by atoms with Gasteiger partial charge in [0.25, 0.3) is 0 Å². The first-order chi connectivity index (χ1) is 15.2. The average Bonchev–Trinajstić information content (AvgIpc) is 3.07. The molecule has 0 amide bonds. The SMILES string of the molecule is C=C(CC(C)(C)C)NC1CCc2ccc(C(=C)/C=C(\c3ccc(Cl)c(Cl)c3)C(F)(F)F)cc21. The number of hydrogen-bond donors (Lipinski definition) is 1. The maximum absolute atomic E-state index is 13.9. The predicted octanol–water partition coefficient (Wildman–Crippen LogP) is 9.18. The first-order valence-corrected chi connectivity index (χ1v) is 11.5. The number of rotatable bonds is 6. The zero-order valence-corrected chi connectivity index (χ0v) is 20.6. The smallest absolute Gasteiger partial charge is 0.382 e. The molecule has 1 unspecified atom stereocenters. The van der Waals surface area contributed by atoms with E-state index in [1.54, 1.807) is 0 Å². The molecule has 6 heteroatoms. The third-order valence-electron chi connectivity index (χ3n) is 5.57. The monoisotopic (exact) mass is 493 g/mol. The highest BCUT2D eigenvalue weighted by molar-refractivity contribution is 6.42. The maximum atomic E-state index is 13.9. The average molecular weight is 494 g/mol. The van der Waals surface area contributed by atoms with E-state index in [0.717, 1.165) is 36.6 Å². The van der Waals surface area contributed by atoms with E-state index in [2.05, 4.69) is 39.2 Å². The molecule has 2 aromatic rings. The van der Waals surface area contributed by atoms with E-state index in [4.69, 9.17) is 23.2 Å². The molecule has 3 rings (SSSR count). The molecule has 0 heterocycles. The molecule has 0 aromatic heterocycles. The second-order valence-electron chi connectivity index (χ2n) is 9.70. The molecule has 1 aliphatic carbocycles. The minimum atomic E-state index is -4.58. The van der Waals surface area contributed by atoms with Crippen LogP contribution < -0.4 is 5.32 Å². The second-order valence-corrected chi connectivity index (χ2v) is 10.5. The van der Waals surface area contributed by atoms with Gasteiger partial charge in [0.1, 0.15) is 0 Å². The van der Waals surface area contributed by atoms with Gasteiger partial charge in [0, 0.05) is 5.70 Å². The molecule has 2 aromatic carbocycles. The minimum absolute atomic E-state index is 0.0581. The van der Waals surface area contributed by atoms with Crippen LogP contribution in [0.2, 0.25) is 10.0 Å². The van der Waals surface area contributed by atoms with Crippen LogP contribution >= 0.6 is 23.2 Å². The Kier molecular flexibility index (Phi) is 7.40. The van der Waals surface area contributed by atoms with Crippen molar-refractivity contribution in [3.05, 3.63) is 93.6 Å². The van der Waals surface area contributed by atoms with Gasteiger partial charge in [0.2, 0.25) is 0 Å². The Morgan fingerprint density at radius 1 is 1.03 bits per heavy atom. The minimum Gasteiger partial charge on any atom is -0.382 e. The molecular formula is C27H28Cl2F3N. The van der Waals surface area contributed by atoms with Crippen molar-refractivity contribution < 1.29 is 13.2 Å². The molecule has 33 heavy (non-hydrogen) atoms. The summed E-state index contributed by atoms with van der Waals surface area (Å²) in [6.45, 7) is 14.6. The number of aryl methyl sites for hydroxylation is 1. The van der Waals surface area contributed by atoms with E-state index in [1.165, 1.54) is 23.8 Å². The molecule has 1 atom stereocenters. The van der Waals surface area contributed by atoms with Gasteiger partial charge in [-0.15, -0.1) is 0 Å². The summed E-state index contributed by atoms with van der Waals surface area (Å²) < 4.78 is 41.6. The van der Waals surface area contributed by atoms with Crippen LogP contribution in [0.5, 0.6) is 0 Å². The van der Waals surface area contributed by atoms with Crippen molar-refractivity contribution in [2.45, 2.75) is 52.3 Å². The third kappa shape index (κ3) is 6.45. The Morgan fingerprint density at radius 2 is 1.70 bits per heavy atom. The Labute approximate surface area is 204 Å². The molecule has 0 fully saturated rings. The molecule has 1 nitrogen and oxygen atoms in total. The number of nitrogens with one attached hydrogen (secondary N) is 1. The van der Waals surface area contributed by atoms with Crippen LogP contribution in [0.15, 0.2) is 61.3 Å². The van der Waals surface area contributed by atoms with Crippen LogP contribution in [-0.2, 0) is 6.42 Å². The fraction of sp³-hybridized carbons (Fsp3) is 0.333. The summed E-state index contributed by atoms with van der Waals surface area (Å²) in [4.78, 5) is 0. The summed E-state index contributed by atoms with van der Waals surface area (Å²) >= 11 is 11.8.